The molecule has 1 aromatic carbocycles. The van der Waals surface area contributed by atoms with Gasteiger partial charge in [0.2, 0.25) is 0 Å². The average molecular weight is 229 g/mol. The lowest BCUT2D eigenvalue weighted by Crippen LogP contribution is -2.18. The first-order valence-electron chi connectivity index (χ1n) is 5.02. The first kappa shape index (κ1) is 10.9. The monoisotopic (exact) mass is 229 g/mol. The van der Waals surface area contributed by atoms with Crippen LogP contribution in [0.3, 0.4) is 0 Å². The molecule has 2 rings (SSSR count). The summed E-state index contributed by atoms with van der Waals surface area (Å²) in [6, 6.07) is 2.36. The summed E-state index contributed by atoms with van der Waals surface area (Å²) in [5.41, 5.74) is 0.500. The quantitative estimate of drug-likeness (QED) is 0.794. The summed E-state index contributed by atoms with van der Waals surface area (Å²) in [5.74, 6) is 0.240. The van der Waals surface area contributed by atoms with E-state index in [2.05, 4.69) is 5.32 Å². The number of fused-ring (bicyclic) bond motifs is 1. The van der Waals surface area contributed by atoms with E-state index >= 15 is 0 Å². The minimum Gasteiger partial charge on any atom is -0.313 e. The highest BCUT2D eigenvalue weighted by Crippen LogP contribution is 2.37. The van der Waals surface area contributed by atoms with Gasteiger partial charge < -0.3 is 5.32 Å². The zero-order valence-corrected chi connectivity index (χ0v) is 9.33. The maximum atomic E-state index is 13.6. The third-order valence-corrected chi connectivity index (χ3v) is 3.87. The van der Waals surface area contributed by atoms with Crippen LogP contribution in [0.5, 0.6) is 0 Å². The fourth-order valence-electron chi connectivity index (χ4n) is 1.91. The maximum Gasteiger partial charge on any atom is 0.137 e. The van der Waals surface area contributed by atoms with Crippen molar-refractivity contribution in [1.29, 1.82) is 0 Å². The second-order valence-electron chi connectivity index (χ2n) is 3.60. The maximum absolute atomic E-state index is 13.6. The molecule has 0 saturated carbocycles. The fraction of sp³-hybridized carbons (Fsp3) is 0.455. The normalized spacial score (nSPS) is 20.9. The van der Waals surface area contributed by atoms with Gasteiger partial charge in [0.05, 0.1) is 4.90 Å². The molecule has 4 heteroatoms. The summed E-state index contributed by atoms with van der Waals surface area (Å²) in [7, 11) is 1.79. The number of hydrogen-bond acceptors (Lipinski definition) is 2. The van der Waals surface area contributed by atoms with Crippen LogP contribution in [0.4, 0.5) is 8.78 Å². The summed E-state index contributed by atoms with van der Waals surface area (Å²) < 4.78 is 27.2. The van der Waals surface area contributed by atoms with Crippen molar-refractivity contribution in [2.24, 2.45) is 0 Å². The zero-order chi connectivity index (χ0) is 10.8. The van der Waals surface area contributed by atoms with Crippen molar-refractivity contribution in [2.75, 3.05) is 12.8 Å². The number of thioether (sulfide) groups is 1. The second-order valence-corrected chi connectivity index (χ2v) is 4.71. The summed E-state index contributed by atoms with van der Waals surface area (Å²) in [5, 5.41) is 3.05. The van der Waals surface area contributed by atoms with E-state index < -0.39 is 0 Å². The summed E-state index contributed by atoms with van der Waals surface area (Å²) in [6.07, 6.45) is 1.83. The van der Waals surface area contributed by atoms with Crippen LogP contribution in [0.1, 0.15) is 24.4 Å². The van der Waals surface area contributed by atoms with Crippen molar-refractivity contribution in [2.45, 2.75) is 23.8 Å². The van der Waals surface area contributed by atoms with E-state index in [1.54, 1.807) is 7.05 Å². The molecule has 0 spiro atoms. The van der Waals surface area contributed by atoms with Crippen LogP contribution in [0, 0.1) is 11.6 Å². The molecule has 1 nitrogen and oxygen atoms in total. The van der Waals surface area contributed by atoms with E-state index in [1.165, 1.54) is 23.9 Å². The van der Waals surface area contributed by atoms with Crippen LogP contribution >= 0.6 is 11.8 Å². The Morgan fingerprint density at radius 3 is 2.80 bits per heavy atom. The Morgan fingerprint density at radius 2 is 2.07 bits per heavy atom. The van der Waals surface area contributed by atoms with Gasteiger partial charge in [-0.2, -0.15) is 0 Å². The Labute approximate surface area is 92.3 Å². The Morgan fingerprint density at radius 1 is 1.33 bits per heavy atom. The molecular weight excluding hydrogens is 216 g/mol. The van der Waals surface area contributed by atoms with Gasteiger partial charge >= 0.3 is 0 Å². The van der Waals surface area contributed by atoms with Crippen LogP contribution < -0.4 is 5.32 Å². The van der Waals surface area contributed by atoms with Gasteiger partial charge in [0.15, 0.2) is 0 Å². The fourth-order valence-corrected chi connectivity index (χ4v) is 3.03. The van der Waals surface area contributed by atoms with Crippen LogP contribution in [-0.2, 0) is 0 Å². The summed E-state index contributed by atoms with van der Waals surface area (Å²) in [6.45, 7) is 0. The van der Waals surface area contributed by atoms with Crippen molar-refractivity contribution < 1.29 is 8.78 Å². The van der Waals surface area contributed by atoms with Crippen molar-refractivity contribution in [3.63, 3.8) is 0 Å². The van der Waals surface area contributed by atoms with Crippen molar-refractivity contribution in [3.8, 4) is 0 Å². The molecule has 0 aromatic heterocycles. The van der Waals surface area contributed by atoms with E-state index in [4.69, 9.17) is 0 Å². The molecule has 1 aliphatic heterocycles. The van der Waals surface area contributed by atoms with Gasteiger partial charge in [0.1, 0.15) is 11.6 Å². The average Bonchev–Trinajstić information content (AvgIpc) is 2.46. The van der Waals surface area contributed by atoms with Crippen LogP contribution in [0.2, 0.25) is 0 Å². The third kappa shape index (κ3) is 2.01. The van der Waals surface area contributed by atoms with Crippen molar-refractivity contribution in [1.82, 2.24) is 5.32 Å². The topological polar surface area (TPSA) is 12.0 Å². The van der Waals surface area contributed by atoms with E-state index in [1.807, 2.05) is 0 Å². The second kappa shape index (κ2) is 4.49. The zero-order valence-electron chi connectivity index (χ0n) is 8.52. The Hall–Kier alpha value is -0.610. The lowest BCUT2D eigenvalue weighted by atomic mass is 10.0. The smallest absolute Gasteiger partial charge is 0.137 e. The molecule has 1 N–H and O–H groups in total. The molecule has 0 bridgehead atoms. The summed E-state index contributed by atoms with van der Waals surface area (Å²) >= 11 is 1.41. The highest BCUT2D eigenvalue weighted by Gasteiger charge is 2.23. The molecule has 1 unspecified atom stereocenters. The van der Waals surface area contributed by atoms with Gasteiger partial charge in [-0.3, -0.25) is 0 Å². The number of hydrogen-bond donors (Lipinski definition) is 1. The standard InChI is InChI=1S/C11H13F2NS/c1-14-9-3-2-6-15-11-8(13)5-4-7(12)10(9)11/h4-5,9,14H,2-3,6H2,1H3. The molecule has 0 amide bonds. The number of rotatable bonds is 1. The number of halogens is 2. The Bertz CT molecular complexity index is 368. The van der Waals surface area contributed by atoms with E-state index in [0.29, 0.717) is 10.5 Å². The highest BCUT2D eigenvalue weighted by molar-refractivity contribution is 7.99. The predicted octanol–water partition coefficient (Wildman–Crippen LogP) is 3.11. The first-order valence-corrected chi connectivity index (χ1v) is 6.00. The van der Waals surface area contributed by atoms with Gasteiger partial charge in [-0.1, -0.05) is 0 Å². The lowest BCUT2D eigenvalue weighted by Gasteiger charge is -2.17. The van der Waals surface area contributed by atoms with Gasteiger partial charge in [-0.15, -0.1) is 11.8 Å². The molecule has 0 aliphatic carbocycles. The molecule has 0 fully saturated rings. The molecule has 1 heterocycles. The first-order chi connectivity index (χ1) is 7.24. The number of nitrogens with one attached hydrogen (secondary N) is 1. The van der Waals surface area contributed by atoms with Crippen molar-refractivity contribution in [3.05, 3.63) is 29.3 Å². The predicted molar refractivity (Wildman–Crippen MR) is 58.1 cm³/mol. The van der Waals surface area contributed by atoms with Crippen LogP contribution in [0.25, 0.3) is 0 Å². The molecule has 1 aromatic rings. The van der Waals surface area contributed by atoms with Gasteiger partial charge in [-0.25, -0.2) is 8.78 Å². The Kier molecular flexibility index (Phi) is 3.26. The van der Waals surface area contributed by atoms with E-state index in [-0.39, 0.29) is 17.7 Å². The SMILES string of the molecule is CNC1CCCSc2c(F)ccc(F)c21. The molecule has 1 atom stereocenters. The third-order valence-electron chi connectivity index (χ3n) is 2.68. The molecule has 0 saturated heterocycles. The van der Waals surface area contributed by atoms with Gasteiger partial charge in [0, 0.05) is 11.6 Å². The molecule has 1 aliphatic rings. The molecular formula is C11H13F2NS. The van der Waals surface area contributed by atoms with Crippen LogP contribution in [0.15, 0.2) is 17.0 Å². The number of benzene rings is 1. The van der Waals surface area contributed by atoms with Crippen LogP contribution in [-0.4, -0.2) is 12.8 Å². The molecule has 82 valence electrons. The van der Waals surface area contributed by atoms with Gasteiger partial charge in [0.25, 0.3) is 0 Å². The molecule has 15 heavy (non-hydrogen) atoms. The lowest BCUT2D eigenvalue weighted by molar-refractivity contribution is 0.486. The Balaban J connectivity index is 2.54. The highest BCUT2D eigenvalue weighted by atomic mass is 32.2. The minimum atomic E-state index is -0.307. The van der Waals surface area contributed by atoms with Gasteiger partial charge in [-0.05, 0) is 37.8 Å². The van der Waals surface area contributed by atoms with E-state index in [0.717, 1.165) is 18.6 Å². The van der Waals surface area contributed by atoms with E-state index in [9.17, 15) is 8.78 Å². The molecule has 0 radical (unpaired) electrons. The largest absolute Gasteiger partial charge is 0.313 e. The van der Waals surface area contributed by atoms with Crippen molar-refractivity contribution >= 4 is 11.8 Å². The minimum absolute atomic E-state index is 0.0642. The summed E-state index contributed by atoms with van der Waals surface area (Å²) in [4.78, 5) is 0.479.